The van der Waals surface area contributed by atoms with Crippen molar-refractivity contribution in [2.24, 2.45) is 5.10 Å². The van der Waals surface area contributed by atoms with Gasteiger partial charge in [-0.1, -0.05) is 42.6 Å². The van der Waals surface area contributed by atoms with Gasteiger partial charge in [0.15, 0.2) is 0 Å². The number of rotatable bonds is 5. The maximum Gasteiger partial charge on any atom is 0.240 e. The Kier molecular flexibility index (Phi) is 6.01. The van der Waals surface area contributed by atoms with Gasteiger partial charge in [0.25, 0.3) is 0 Å². The van der Waals surface area contributed by atoms with E-state index in [9.17, 15) is 4.79 Å². The molecule has 0 heterocycles. The van der Waals surface area contributed by atoms with Gasteiger partial charge in [0.2, 0.25) is 5.91 Å². The molecule has 0 fully saturated rings. The second kappa shape index (κ2) is 7.30. The molecule has 1 amide bonds. The fourth-order valence-electron chi connectivity index (χ4n) is 1.16. The standard InChI is InChI=1S/C12H14Cl2N2O/c1-2-3-4-12(17)16-15-8-9-5-6-10(13)11(14)7-9/h5-8H,2-4H2,1H3,(H,16,17). The highest BCUT2D eigenvalue weighted by molar-refractivity contribution is 6.42. The number of benzene rings is 1. The molecule has 1 aromatic rings. The Labute approximate surface area is 111 Å². The summed E-state index contributed by atoms with van der Waals surface area (Å²) in [6.45, 7) is 2.03. The van der Waals surface area contributed by atoms with Crippen molar-refractivity contribution in [1.29, 1.82) is 0 Å². The van der Waals surface area contributed by atoms with E-state index in [4.69, 9.17) is 23.2 Å². The summed E-state index contributed by atoms with van der Waals surface area (Å²) in [7, 11) is 0. The largest absolute Gasteiger partial charge is 0.273 e. The van der Waals surface area contributed by atoms with Gasteiger partial charge in [-0.2, -0.15) is 5.10 Å². The van der Waals surface area contributed by atoms with Gasteiger partial charge in [-0.3, -0.25) is 4.79 Å². The van der Waals surface area contributed by atoms with Crippen molar-refractivity contribution in [2.75, 3.05) is 0 Å². The van der Waals surface area contributed by atoms with Crippen LogP contribution in [0.3, 0.4) is 0 Å². The van der Waals surface area contributed by atoms with Crippen LogP contribution < -0.4 is 5.43 Å². The Bertz CT molecular complexity index is 419. The molecule has 0 aromatic heterocycles. The van der Waals surface area contributed by atoms with Crippen LogP contribution in [0.5, 0.6) is 0 Å². The highest BCUT2D eigenvalue weighted by Crippen LogP contribution is 2.21. The zero-order valence-corrected chi connectivity index (χ0v) is 11.1. The molecule has 92 valence electrons. The summed E-state index contributed by atoms with van der Waals surface area (Å²) in [6, 6.07) is 5.14. The van der Waals surface area contributed by atoms with Crippen molar-refractivity contribution in [1.82, 2.24) is 5.43 Å². The Morgan fingerprint density at radius 1 is 1.41 bits per heavy atom. The Balaban J connectivity index is 2.48. The summed E-state index contributed by atoms with van der Waals surface area (Å²) in [5, 5.41) is 4.80. The van der Waals surface area contributed by atoms with E-state index in [0.717, 1.165) is 18.4 Å². The van der Waals surface area contributed by atoms with Crippen LogP contribution in [-0.4, -0.2) is 12.1 Å². The zero-order chi connectivity index (χ0) is 12.7. The number of carbonyl (C=O) groups is 1. The number of carbonyl (C=O) groups excluding carboxylic acids is 1. The predicted molar refractivity (Wildman–Crippen MR) is 71.7 cm³/mol. The van der Waals surface area contributed by atoms with E-state index < -0.39 is 0 Å². The first kappa shape index (κ1) is 14.0. The Hall–Kier alpha value is -1.06. The average Bonchev–Trinajstić information content (AvgIpc) is 2.31. The summed E-state index contributed by atoms with van der Waals surface area (Å²) < 4.78 is 0. The van der Waals surface area contributed by atoms with Gasteiger partial charge < -0.3 is 0 Å². The van der Waals surface area contributed by atoms with E-state index in [1.54, 1.807) is 18.2 Å². The first-order valence-corrected chi connectivity index (χ1v) is 6.16. The number of unbranched alkanes of at least 4 members (excludes halogenated alkanes) is 1. The lowest BCUT2D eigenvalue weighted by molar-refractivity contribution is -0.121. The van der Waals surface area contributed by atoms with Gasteiger partial charge in [-0.25, -0.2) is 5.43 Å². The second-order valence-corrected chi connectivity index (χ2v) is 4.38. The molecule has 1 N–H and O–H groups in total. The minimum atomic E-state index is -0.0804. The fourth-order valence-corrected chi connectivity index (χ4v) is 1.47. The van der Waals surface area contributed by atoms with Crippen LogP contribution in [0.1, 0.15) is 31.7 Å². The fraction of sp³-hybridized carbons (Fsp3) is 0.333. The van der Waals surface area contributed by atoms with Gasteiger partial charge >= 0.3 is 0 Å². The average molecular weight is 273 g/mol. The molecular formula is C12H14Cl2N2O. The SMILES string of the molecule is CCCCC(=O)NN=Cc1ccc(Cl)c(Cl)c1. The molecule has 0 aliphatic heterocycles. The first-order valence-electron chi connectivity index (χ1n) is 5.40. The van der Waals surface area contributed by atoms with E-state index in [1.165, 1.54) is 6.21 Å². The van der Waals surface area contributed by atoms with Crippen molar-refractivity contribution in [2.45, 2.75) is 26.2 Å². The van der Waals surface area contributed by atoms with Crippen LogP contribution in [0.2, 0.25) is 10.0 Å². The third-order valence-corrected chi connectivity index (χ3v) is 2.84. The lowest BCUT2D eigenvalue weighted by atomic mass is 10.2. The molecule has 0 aliphatic rings. The van der Waals surface area contributed by atoms with E-state index >= 15 is 0 Å². The number of hydrazone groups is 1. The molecule has 0 atom stereocenters. The van der Waals surface area contributed by atoms with Crippen LogP contribution in [0, 0.1) is 0 Å². The summed E-state index contributed by atoms with van der Waals surface area (Å²) in [5.74, 6) is -0.0804. The van der Waals surface area contributed by atoms with Crippen LogP contribution in [0.15, 0.2) is 23.3 Å². The minimum Gasteiger partial charge on any atom is -0.273 e. The molecule has 1 rings (SSSR count). The van der Waals surface area contributed by atoms with Gasteiger partial charge in [-0.15, -0.1) is 0 Å². The van der Waals surface area contributed by atoms with Crippen molar-refractivity contribution >= 4 is 35.3 Å². The zero-order valence-electron chi connectivity index (χ0n) is 9.54. The molecule has 0 saturated heterocycles. The summed E-state index contributed by atoms with van der Waals surface area (Å²) in [5.41, 5.74) is 3.24. The number of hydrogen-bond acceptors (Lipinski definition) is 2. The van der Waals surface area contributed by atoms with Crippen LogP contribution in [0.25, 0.3) is 0 Å². The van der Waals surface area contributed by atoms with Gasteiger partial charge in [0.1, 0.15) is 0 Å². The number of nitrogens with zero attached hydrogens (tertiary/aromatic N) is 1. The molecule has 5 heteroatoms. The highest BCUT2D eigenvalue weighted by Gasteiger charge is 1.98. The number of hydrogen-bond donors (Lipinski definition) is 1. The molecule has 0 aliphatic carbocycles. The molecule has 1 aromatic carbocycles. The molecular weight excluding hydrogens is 259 g/mol. The number of nitrogens with one attached hydrogen (secondary N) is 1. The van der Waals surface area contributed by atoms with Crippen molar-refractivity contribution in [3.05, 3.63) is 33.8 Å². The van der Waals surface area contributed by atoms with Crippen LogP contribution >= 0.6 is 23.2 Å². The topological polar surface area (TPSA) is 41.5 Å². The van der Waals surface area contributed by atoms with E-state index in [-0.39, 0.29) is 5.91 Å². The Morgan fingerprint density at radius 3 is 2.82 bits per heavy atom. The lowest BCUT2D eigenvalue weighted by Crippen LogP contribution is -2.16. The van der Waals surface area contributed by atoms with Crippen molar-refractivity contribution in [3.63, 3.8) is 0 Å². The molecule has 0 radical (unpaired) electrons. The van der Waals surface area contributed by atoms with Gasteiger partial charge in [0, 0.05) is 6.42 Å². The van der Waals surface area contributed by atoms with Crippen LogP contribution in [-0.2, 0) is 4.79 Å². The molecule has 17 heavy (non-hydrogen) atoms. The quantitative estimate of drug-likeness (QED) is 0.646. The smallest absolute Gasteiger partial charge is 0.240 e. The molecule has 3 nitrogen and oxygen atoms in total. The first-order chi connectivity index (χ1) is 8.13. The monoisotopic (exact) mass is 272 g/mol. The van der Waals surface area contributed by atoms with E-state index in [2.05, 4.69) is 10.5 Å². The maximum absolute atomic E-state index is 11.2. The summed E-state index contributed by atoms with van der Waals surface area (Å²) >= 11 is 11.6. The summed E-state index contributed by atoms with van der Waals surface area (Å²) in [6.07, 6.45) is 3.89. The van der Waals surface area contributed by atoms with Crippen molar-refractivity contribution < 1.29 is 4.79 Å². The van der Waals surface area contributed by atoms with Crippen LogP contribution in [0.4, 0.5) is 0 Å². The molecule has 0 saturated carbocycles. The number of amides is 1. The van der Waals surface area contributed by atoms with E-state index in [0.29, 0.717) is 16.5 Å². The third kappa shape index (κ3) is 5.20. The van der Waals surface area contributed by atoms with E-state index in [1.807, 2.05) is 6.92 Å². The summed E-state index contributed by atoms with van der Waals surface area (Å²) in [4.78, 5) is 11.2. The van der Waals surface area contributed by atoms with Crippen molar-refractivity contribution in [3.8, 4) is 0 Å². The minimum absolute atomic E-state index is 0.0804. The maximum atomic E-state index is 11.2. The van der Waals surface area contributed by atoms with Gasteiger partial charge in [-0.05, 0) is 24.1 Å². The van der Waals surface area contributed by atoms with Gasteiger partial charge in [0.05, 0.1) is 16.3 Å². The third-order valence-electron chi connectivity index (χ3n) is 2.10. The second-order valence-electron chi connectivity index (χ2n) is 3.57. The predicted octanol–water partition coefficient (Wildman–Crippen LogP) is 3.63. The molecule has 0 spiro atoms. The highest BCUT2D eigenvalue weighted by atomic mass is 35.5. The molecule has 0 unspecified atom stereocenters. The normalized spacial score (nSPS) is 10.8. The Morgan fingerprint density at radius 2 is 2.18 bits per heavy atom. The lowest BCUT2D eigenvalue weighted by Gasteiger charge is -1.99. The molecule has 0 bridgehead atoms. The number of halogens is 2.